The molecule has 1 aromatic heterocycles. The van der Waals surface area contributed by atoms with Gasteiger partial charge in [0.1, 0.15) is 0 Å². The van der Waals surface area contributed by atoms with Gasteiger partial charge in [-0.25, -0.2) is 0 Å². The summed E-state index contributed by atoms with van der Waals surface area (Å²) in [5.41, 5.74) is 3.81. The van der Waals surface area contributed by atoms with Crippen LogP contribution in [0.4, 0.5) is 0 Å². The molecule has 3 heteroatoms. The second-order valence-corrected chi connectivity index (χ2v) is 28.5. The van der Waals surface area contributed by atoms with Crippen LogP contribution >= 0.6 is 0 Å². The predicted molar refractivity (Wildman–Crippen MR) is 167 cm³/mol. The van der Waals surface area contributed by atoms with Gasteiger partial charge in [0.05, 0.1) is 8.07 Å². The Hall–Kier alpha value is -2.43. The zero-order valence-corrected chi connectivity index (χ0v) is 26.3. The molecule has 0 bridgehead atoms. The summed E-state index contributed by atoms with van der Waals surface area (Å²) in [5.74, 6) is 8.06. The van der Waals surface area contributed by atoms with Crippen LogP contribution < -0.4 is 9.58 Å². The Balaban J connectivity index is 1.75. The van der Waals surface area contributed by atoms with Gasteiger partial charge in [-0.2, -0.15) is 0 Å². The Morgan fingerprint density at radius 2 is 1.31 bits per heavy atom. The molecule has 1 nitrogen and oxygen atoms in total. The number of hydrogen-bond acceptors (Lipinski definition) is 1. The maximum atomic E-state index is 5.02. The summed E-state index contributed by atoms with van der Waals surface area (Å²) in [7, 11) is -1.40. The van der Waals surface area contributed by atoms with Crippen molar-refractivity contribution < 1.29 is 0 Å². The van der Waals surface area contributed by atoms with Crippen LogP contribution in [0.1, 0.15) is 19.4 Å². The Kier molecular flexibility index (Phi) is 6.41. The normalized spacial score (nSPS) is 12.8. The second kappa shape index (κ2) is 9.15. The molecule has 4 aromatic carbocycles. The fourth-order valence-corrected chi connectivity index (χ4v) is 10.0. The molecule has 0 radical (unpaired) electrons. The molecule has 5 aromatic rings. The first-order chi connectivity index (χ1) is 16.9. The second-order valence-electron chi connectivity index (χ2n) is 12.9. The fourth-order valence-electron chi connectivity index (χ4n) is 5.52. The van der Waals surface area contributed by atoms with Crippen LogP contribution in [-0.2, 0) is 6.42 Å². The van der Waals surface area contributed by atoms with E-state index in [1.54, 1.807) is 4.40 Å². The van der Waals surface area contributed by atoms with E-state index in [1.165, 1.54) is 48.6 Å². The molecule has 0 saturated heterocycles. The number of fused-ring (bicyclic) bond motifs is 6. The van der Waals surface area contributed by atoms with Crippen molar-refractivity contribution in [2.45, 2.75) is 57.2 Å². The van der Waals surface area contributed by atoms with Crippen molar-refractivity contribution in [1.82, 2.24) is 4.98 Å². The van der Waals surface area contributed by atoms with E-state index in [2.05, 4.69) is 124 Å². The molecule has 0 spiro atoms. The van der Waals surface area contributed by atoms with Crippen LogP contribution in [0.5, 0.6) is 0 Å². The van der Waals surface area contributed by atoms with Gasteiger partial charge in [-0.15, -0.1) is 0 Å². The third kappa shape index (κ3) is 4.66. The summed E-state index contributed by atoms with van der Waals surface area (Å²) >= 11 is -2.00. The molecule has 0 saturated carbocycles. The van der Waals surface area contributed by atoms with E-state index in [0.717, 1.165) is 12.1 Å². The van der Waals surface area contributed by atoms with Gasteiger partial charge >= 0.3 is 193 Å². The maximum absolute atomic E-state index is 5.02. The summed E-state index contributed by atoms with van der Waals surface area (Å²) in [5, 5.41) is 9.58. The van der Waals surface area contributed by atoms with E-state index in [1.807, 2.05) is 0 Å². The van der Waals surface area contributed by atoms with Gasteiger partial charge in [-0.1, -0.05) is 19.6 Å². The van der Waals surface area contributed by atoms with Crippen molar-refractivity contribution >= 4 is 63.2 Å². The van der Waals surface area contributed by atoms with Crippen molar-refractivity contribution in [1.29, 1.82) is 0 Å². The molecule has 0 N–H and O–H groups in total. The monoisotopic (exact) mass is 551 g/mol. The van der Waals surface area contributed by atoms with E-state index in [4.69, 9.17) is 4.98 Å². The summed E-state index contributed by atoms with van der Waals surface area (Å²) in [6.45, 7) is 11.9. The van der Waals surface area contributed by atoms with E-state index >= 15 is 0 Å². The molecule has 0 fully saturated rings. The van der Waals surface area contributed by atoms with Crippen LogP contribution in [0.25, 0.3) is 43.6 Å². The zero-order valence-electron chi connectivity index (χ0n) is 23.2. The van der Waals surface area contributed by atoms with Gasteiger partial charge in [0.15, 0.2) is 0 Å². The van der Waals surface area contributed by atoms with Crippen LogP contribution in [-0.4, -0.2) is 26.3 Å². The average Bonchev–Trinajstić information content (AvgIpc) is 2.82. The van der Waals surface area contributed by atoms with Gasteiger partial charge in [-0.05, 0) is 0 Å². The van der Waals surface area contributed by atoms with E-state index < -0.39 is 21.3 Å². The molecule has 1 heterocycles. The van der Waals surface area contributed by atoms with E-state index in [9.17, 15) is 0 Å². The van der Waals surface area contributed by atoms with E-state index in [0.29, 0.717) is 5.92 Å². The Bertz CT molecular complexity index is 1580. The van der Waals surface area contributed by atoms with Gasteiger partial charge < -0.3 is 0 Å². The SMILES string of the molecule is CC(C)Cc1cc(-c2ccc3c4ccc([Si](C)(C)C)cc4c4ccccc4c3c2)nc[c]1[Ge]([CH3])([CH3])[CH3]. The molecular weight excluding hydrogens is 511 g/mol. The summed E-state index contributed by atoms with van der Waals surface area (Å²) < 4.78 is 1.54. The summed E-state index contributed by atoms with van der Waals surface area (Å²) in [4.78, 5) is 5.02. The third-order valence-corrected chi connectivity index (χ3v) is 13.8. The first-order valence-corrected chi connectivity index (χ1v) is 24.2. The Morgan fingerprint density at radius 1 is 0.722 bits per heavy atom. The molecule has 36 heavy (non-hydrogen) atoms. The quantitative estimate of drug-likeness (QED) is 0.158. The van der Waals surface area contributed by atoms with Crippen molar-refractivity contribution in [2.75, 3.05) is 0 Å². The number of hydrogen-bond donors (Lipinski definition) is 0. The molecule has 0 aliphatic rings. The van der Waals surface area contributed by atoms with Crippen molar-refractivity contribution in [2.24, 2.45) is 5.92 Å². The molecule has 0 atom stereocenters. The predicted octanol–water partition coefficient (Wildman–Crippen LogP) is 8.50. The molecule has 5 rings (SSSR count). The van der Waals surface area contributed by atoms with Crippen LogP contribution in [0.15, 0.2) is 72.9 Å². The number of nitrogens with zero attached hydrogens (tertiary/aromatic N) is 1. The van der Waals surface area contributed by atoms with Crippen molar-refractivity contribution in [3.8, 4) is 11.3 Å². The summed E-state index contributed by atoms with van der Waals surface area (Å²) in [6.07, 6.45) is 3.32. The Morgan fingerprint density at radius 3 is 1.89 bits per heavy atom. The van der Waals surface area contributed by atoms with Crippen LogP contribution in [0.3, 0.4) is 0 Å². The molecule has 0 amide bonds. The van der Waals surface area contributed by atoms with Gasteiger partial charge in [0, 0.05) is 0 Å². The number of benzene rings is 4. The number of rotatable bonds is 5. The molecule has 0 aliphatic carbocycles. The van der Waals surface area contributed by atoms with Crippen LogP contribution in [0.2, 0.25) is 36.9 Å². The minimum atomic E-state index is -2.00. The van der Waals surface area contributed by atoms with Gasteiger partial charge in [0.2, 0.25) is 0 Å². The van der Waals surface area contributed by atoms with Crippen molar-refractivity contribution in [3.05, 3.63) is 78.5 Å². The van der Waals surface area contributed by atoms with Gasteiger partial charge in [-0.3, -0.25) is 0 Å². The zero-order chi connectivity index (χ0) is 25.8. The first-order valence-electron chi connectivity index (χ1n) is 13.3. The number of aromatic nitrogens is 1. The van der Waals surface area contributed by atoms with Crippen LogP contribution in [0, 0.1) is 5.92 Å². The molecular formula is C33H39GeNSi. The standard InChI is InChI=1S/C33H39GeNSi/c1-22(2)17-24-19-33(35-21-32(24)34(3,4)5)23-13-15-28-29-16-14-25(36(6,7)8)20-31(29)27-12-10-9-11-26(27)30(28)18-23/h9-16,18-22H,17H2,1-8H3. The minimum absolute atomic E-state index is 0.636. The van der Waals surface area contributed by atoms with Gasteiger partial charge in [0.25, 0.3) is 0 Å². The first kappa shape index (κ1) is 25.2. The summed E-state index contributed by atoms with van der Waals surface area (Å²) in [6, 6.07) is 25.5. The Labute approximate surface area is 220 Å². The topological polar surface area (TPSA) is 12.9 Å². The van der Waals surface area contributed by atoms with E-state index in [-0.39, 0.29) is 0 Å². The molecule has 184 valence electrons. The fraction of sp³-hybridized carbons (Fsp3) is 0.303. The third-order valence-electron chi connectivity index (χ3n) is 7.42. The average molecular weight is 550 g/mol. The molecule has 0 unspecified atom stereocenters. The molecule has 0 aliphatic heterocycles. The van der Waals surface area contributed by atoms with Crippen molar-refractivity contribution in [3.63, 3.8) is 0 Å². The number of pyridine rings is 1.